The molecule has 2 aromatic carbocycles. The van der Waals surface area contributed by atoms with E-state index in [0.29, 0.717) is 11.6 Å². The van der Waals surface area contributed by atoms with Gasteiger partial charge in [-0.2, -0.15) is 0 Å². The number of carbonyl (C=O) groups is 1. The molecule has 5 nitrogen and oxygen atoms in total. The molecule has 4 aromatic heterocycles. The van der Waals surface area contributed by atoms with E-state index in [0.717, 1.165) is 65.3 Å². The Balaban J connectivity index is 0.000000320. The predicted octanol–water partition coefficient (Wildman–Crippen LogP) is 14.2. The molecule has 0 spiro atoms. The summed E-state index contributed by atoms with van der Waals surface area (Å²) >= 11 is 1.90. The molecule has 0 saturated carbocycles. The van der Waals surface area contributed by atoms with Gasteiger partial charge in [0.05, 0.1) is 6.26 Å². The molecule has 0 aliphatic carbocycles. The van der Waals surface area contributed by atoms with Crippen molar-refractivity contribution in [2.45, 2.75) is 121 Å². The van der Waals surface area contributed by atoms with Crippen LogP contribution in [-0.4, -0.2) is 20.9 Å². The van der Waals surface area contributed by atoms with E-state index in [1.165, 1.54) is 37.6 Å². The van der Waals surface area contributed by atoms with Crippen molar-refractivity contribution in [3.8, 4) is 22.4 Å². The van der Waals surface area contributed by atoms with Crippen molar-refractivity contribution >= 4 is 49.1 Å². The first-order valence-electron chi connectivity index (χ1n) is 19.6. The van der Waals surface area contributed by atoms with Crippen LogP contribution < -0.4 is 0 Å². The average Bonchev–Trinajstić information content (AvgIpc) is 3.74. The van der Waals surface area contributed by atoms with Crippen molar-refractivity contribution in [3.05, 3.63) is 95.0 Å². The summed E-state index contributed by atoms with van der Waals surface area (Å²) in [5.41, 5.74) is 6.52. The van der Waals surface area contributed by atoms with Crippen molar-refractivity contribution in [2.24, 2.45) is 16.7 Å². The second kappa shape index (κ2) is 17.7. The number of hydrogen-bond acceptors (Lipinski definition) is 6. The molecular formula is C48H59IrN2O3S-. The Kier molecular flexibility index (Phi) is 14.2. The number of allylic oxidation sites excluding steroid dienone is 2. The Bertz CT molecular complexity index is 2300. The van der Waals surface area contributed by atoms with Crippen LogP contribution in [0.25, 0.3) is 54.3 Å². The fourth-order valence-corrected chi connectivity index (χ4v) is 8.20. The van der Waals surface area contributed by atoms with Gasteiger partial charge in [-0.25, -0.2) is 0 Å². The van der Waals surface area contributed by atoms with Crippen LogP contribution in [0.3, 0.4) is 0 Å². The Morgan fingerprint density at radius 1 is 0.945 bits per heavy atom. The molecular weight excluding hydrogens is 877 g/mol. The number of aliphatic hydroxyl groups excluding tert-OH is 1. The maximum absolute atomic E-state index is 12.2. The summed E-state index contributed by atoms with van der Waals surface area (Å²) in [6.45, 7) is 25.5. The summed E-state index contributed by atoms with van der Waals surface area (Å²) in [5.74, 6) is 0.934. The van der Waals surface area contributed by atoms with E-state index in [1.54, 1.807) is 0 Å². The summed E-state index contributed by atoms with van der Waals surface area (Å²) in [6, 6.07) is 19.3. The summed E-state index contributed by atoms with van der Waals surface area (Å²) < 4.78 is 7.28. The van der Waals surface area contributed by atoms with Crippen LogP contribution in [0.1, 0.15) is 118 Å². The van der Waals surface area contributed by atoms with Crippen molar-refractivity contribution < 1.29 is 34.4 Å². The molecule has 6 rings (SSSR count). The van der Waals surface area contributed by atoms with Gasteiger partial charge in [-0.15, -0.1) is 29.0 Å². The zero-order valence-corrected chi connectivity index (χ0v) is 38.1. The van der Waals surface area contributed by atoms with Gasteiger partial charge in [0.1, 0.15) is 5.76 Å². The maximum Gasteiger partial charge on any atom is 0.219 e. The number of pyridine rings is 2. The van der Waals surface area contributed by atoms with Crippen LogP contribution >= 0.6 is 11.3 Å². The topological polar surface area (TPSA) is 76.2 Å². The number of ketones is 1. The molecule has 0 aliphatic heterocycles. The Hall–Kier alpha value is -3.64. The van der Waals surface area contributed by atoms with Gasteiger partial charge < -0.3 is 14.5 Å². The number of aliphatic hydroxyl groups is 1. The summed E-state index contributed by atoms with van der Waals surface area (Å²) in [4.78, 5) is 23.0. The molecule has 0 amide bonds. The molecule has 55 heavy (non-hydrogen) atoms. The van der Waals surface area contributed by atoms with E-state index in [2.05, 4.69) is 95.1 Å². The SMILES string of the molecule is CCC(C)(CC)C(=O)/C=C(\O)C(C)(CC)CC.Cc1coc2nc(-c3[c-]c4cnccc4c(C(C)(C)C)c3)cc(-c3ccc4cc(CC(C)C)sc4c3)c12.[Ir]. The van der Waals surface area contributed by atoms with Gasteiger partial charge in [0, 0.05) is 63.9 Å². The van der Waals surface area contributed by atoms with Crippen molar-refractivity contribution in [3.63, 3.8) is 0 Å². The maximum atomic E-state index is 12.2. The van der Waals surface area contributed by atoms with Crippen molar-refractivity contribution in [1.82, 2.24) is 9.97 Å². The second-order valence-corrected chi connectivity index (χ2v) is 18.1. The third-order valence-electron chi connectivity index (χ3n) is 11.6. The number of fused-ring (bicyclic) bond motifs is 3. The van der Waals surface area contributed by atoms with Crippen LogP contribution in [0.15, 0.2) is 77.4 Å². The zero-order valence-electron chi connectivity index (χ0n) is 34.9. The quantitative estimate of drug-likeness (QED) is 0.0796. The van der Waals surface area contributed by atoms with Crippen LogP contribution in [0.2, 0.25) is 0 Å². The van der Waals surface area contributed by atoms with Gasteiger partial charge in [0.15, 0.2) is 5.78 Å². The molecule has 7 heteroatoms. The third-order valence-corrected chi connectivity index (χ3v) is 12.7. The Labute approximate surface area is 346 Å². The fourth-order valence-electron chi connectivity index (χ4n) is 6.89. The van der Waals surface area contributed by atoms with Gasteiger partial charge in [-0.1, -0.05) is 117 Å². The smallest absolute Gasteiger partial charge is 0.219 e. The van der Waals surface area contributed by atoms with Crippen LogP contribution in [0.4, 0.5) is 0 Å². The first kappa shape index (κ1) is 44.1. The molecule has 0 unspecified atom stereocenters. The number of thiophene rings is 1. The van der Waals surface area contributed by atoms with Crippen molar-refractivity contribution in [1.29, 1.82) is 0 Å². The molecule has 0 atom stereocenters. The molecule has 295 valence electrons. The number of aromatic nitrogens is 2. The molecule has 0 aliphatic rings. The standard InChI is InChI=1S/C33H31N2OS.C15H28O2.Ir/c1-19(2)11-25-13-22-8-7-21(15-30(22)37-25)27-16-29(35-32-31(27)20(3)18-36-32)23-12-24-17-34-10-9-26(24)28(14-23)33(4,5)6;1-7-14(5,8-2)12(16)11-13(17)15(6,9-3)10-4;/h7-10,13-19H,11H2,1-6H3;11,16H,7-10H2,1-6H3;/q-1;;/b;12-11-;. The first-order valence-corrected chi connectivity index (χ1v) is 20.5. The molecule has 0 saturated heterocycles. The van der Waals surface area contributed by atoms with Crippen LogP contribution in [-0.2, 0) is 36.7 Å². The number of carbonyl (C=O) groups excluding carboxylic acids is 1. The third kappa shape index (κ3) is 9.50. The van der Waals surface area contributed by atoms with Gasteiger partial charge in [-0.05, 0) is 90.8 Å². The van der Waals surface area contributed by atoms with E-state index in [-0.39, 0.29) is 47.9 Å². The zero-order chi connectivity index (χ0) is 39.6. The van der Waals surface area contributed by atoms with E-state index < -0.39 is 0 Å². The normalized spacial score (nSPS) is 12.6. The monoisotopic (exact) mass is 936 g/mol. The van der Waals surface area contributed by atoms with E-state index in [1.807, 2.05) is 71.5 Å². The number of benzene rings is 2. The Morgan fingerprint density at radius 2 is 1.62 bits per heavy atom. The van der Waals surface area contributed by atoms with Gasteiger partial charge in [-0.3, -0.25) is 9.78 Å². The van der Waals surface area contributed by atoms with E-state index in [4.69, 9.17) is 9.40 Å². The van der Waals surface area contributed by atoms with Crippen LogP contribution in [0.5, 0.6) is 0 Å². The fraction of sp³-hybridized carbons (Fsp3) is 0.438. The first-order chi connectivity index (χ1) is 25.5. The molecule has 1 N–H and O–H groups in total. The minimum atomic E-state index is -0.337. The number of rotatable bonds is 11. The molecule has 6 aromatic rings. The molecule has 0 bridgehead atoms. The van der Waals surface area contributed by atoms with Crippen molar-refractivity contribution in [2.75, 3.05) is 0 Å². The second-order valence-electron chi connectivity index (χ2n) is 16.9. The number of hydrogen-bond donors (Lipinski definition) is 1. The summed E-state index contributed by atoms with van der Waals surface area (Å²) in [7, 11) is 0. The average molecular weight is 936 g/mol. The van der Waals surface area contributed by atoms with Gasteiger partial charge >= 0.3 is 0 Å². The number of furan rings is 1. The minimum absolute atomic E-state index is 0. The van der Waals surface area contributed by atoms with Gasteiger partial charge in [0.2, 0.25) is 5.71 Å². The molecule has 4 heterocycles. The molecule has 1 radical (unpaired) electrons. The van der Waals surface area contributed by atoms with E-state index in [9.17, 15) is 9.90 Å². The summed E-state index contributed by atoms with van der Waals surface area (Å²) in [5, 5.41) is 14.7. The van der Waals surface area contributed by atoms with Crippen LogP contribution in [0, 0.1) is 29.7 Å². The minimum Gasteiger partial charge on any atom is -0.512 e. The Morgan fingerprint density at radius 3 is 2.24 bits per heavy atom. The largest absolute Gasteiger partial charge is 0.512 e. The summed E-state index contributed by atoms with van der Waals surface area (Å²) in [6.07, 6.45) is 11.4. The number of aryl methyl sites for hydroxylation is 1. The van der Waals surface area contributed by atoms with Gasteiger partial charge in [0.25, 0.3) is 0 Å². The predicted molar refractivity (Wildman–Crippen MR) is 229 cm³/mol. The number of nitrogens with zero attached hydrogens (tertiary/aromatic N) is 2. The van der Waals surface area contributed by atoms with E-state index >= 15 is 0 Å². The molecule has 0 fully saturated rings.